The molecule has 3 nitrogen and oxygen atoms in total. The van der Waals surface area contributed by atoms with Gasteiger partial charge in [0.1, 0.15) is 10.6 Å². The normalized spacial score (nSPS) is 16.9. The first kappa shape index (κ1) is 14.7. The van der Waals surface area contributed by atoms with Gasteiger partial charge in [-0.2, -0.15) is 13.2 Å². The summed E-state index contributed by atoms with van der Waals surface area (Å²) >= 11 is 1.07. The fraction of sp³-hybridized carbons (Fsp3) is 0.750. The quantitative estimate of drug-likeness (QED) is 0.905. The predicted molar refractivity (Wildman–Crippen MR) is 67.0 cm³/mol. The van der Waals surface area contributed by atoms with Crippen molar-refractivity contribution in [2.45, 2.75) is 51.1 Å². The maximum atomic E-state index is 13.0. The monoisotopic (exact) mass is 294 g/mol. The highest BCUT2D eigenvalue weighted by molar-refractivity contribution is 7.11. The van der Waals surface area contributed by atoms with Gasteiger partial charge in [0.15, 0.2) is 5.69 Å². The number of hydrogen-bond donors (Lipinski definition) is 1. The number of halogens is 3. The van der Waals surface area contributed by atoms with E-state index >= 15 is 0 Å². The number of hydrogen-bond acceptors (Lipinski definition) is 4. The van der Waals surface area contributed by atoms with Crippen LogP contribution < -0.4 is 5.32 Å². The number of ether oxygens (including phenoxy) is 1. The number of methoxy groups -OCH3 is 1. The van der Waals surface area contributed by atoms with E-state index in [9.17, 15) is 13.2 Å². The van der Waals surface area contributed by atoms with Crippen LogP contribution in [0, 0.1) is 0 Å². The molecule has 1 heterocycles. The van der Waals surface area contributed by atoms with Gasteiger partial charge in [-0.1, -0.05) is 0 Å². The van der Waals surface area contributed by atoms with Gasteiger partial charge in [0.25, 0.3) is 0 Å². The van der Waals surface area contributed by atoms with Crippen molar-refractivity contribution in [2.75, 3.05) is 7.11 Å². The summed E-state index contributed by atoms with van der Waals surface area (Å²) in [7, 11) is 1.47. The second kappa shape index (κ2) is 5.03. The summed E-state index contributed by atoms with van der Waals surface area (Å²) < 4.78 is 44.1. The van der Waals surface area contributed by atoms with Gasteiger partial charge in [-0.15, -0.1) is 11.3 Å². The second-order valence-corrected chi connectivity index (χ2v) is 6.24. The zero-order valence-corrected chi connectivity index (χ0v) is 11.9. The van der Waals surface area contributed by atoms with Crippen LogP contribution in [0.3, 0.4) is 0 Å². The largest absolute Gasteiger partial charge is 0.434 e. The van der Waals surface area contributed by atoms with Crippen LogP contribution >= 0.6 is 11.3 Å². The van der Waals surface area contributed by atoms with E-state index in [1.54, 1.807) is 13.8 Å². The molecule has 0 unspecified atom stereocenters. The minimum absolute atomic E-state index is 0.219. The van der Waals surface area contributed by atoms with E-state index in [2.05, 4.69) is 10.3 Å². The van der Waals surface area contributed by atoms with Crippen LogP contribution in [0.4, 0.5) is 13.2 Å². The maximum absolute atomic E-state index is 13.0. The molecule has 2 rings (SSSR count). The molecule has 1 fully saturated rings. The first-order valence-corrected chi connectivity index (χ1v) is 6.91. The van der Waals surface area contributed by atoms with Crippen LogP contribution in [-0.2, 0) is 23.1 Å². The Bertz CT molecular complexity index is 452. The molecule has 19 heavy (non-hydrogen) atoms. The number of rotatable bonds is 5. The Morgan fingerprint density at radius 1 is 1.37 bits per heavy atom. The Morgan fingerprint density at radius 2 is 2.00 bits per heavy atom. The molecule has 7 heteroatoms. The third-order valence-corrected chi connectivity index (χ3v) is 4.48. The Hall–Kier alpha value is -0.660. The summed E-state index contributed by atoms with van der Waals surface area (Å²) in [5, 5.41) is 3.45. The van der Waals surface area contributed by atoms with Crippen molar-refractivity contribution in [2.24, 2.45) is 0 Å². The van der Waals surface area contributed by atoms with Crippen LogP contribution in [0.25, 0.3) is 0 Å². The zero-order chi connectivity index (χ0) is 14.3. The predicted octanol–water partition coefficient (Wildman–Crippen LogP) is 3.30. The van der Waals surface area contributed by atoms with Gasteiger partial charge in [-0.25, -0.2) is 4.98 Å². The fourth-order valence-corrected chi connectivity index (χ4v) is 2.68. The number of aromatic nitrogens is 1. The topological polar surface area (TPSA) is 34.1 Å². The molecule has 108 valence electrons. The van der Waals surface area contributed by atoms with Crippen molar-refractivity contribution in [3.63, 3.8) is 0 Å². The molecule has 0 atom stereocenters. The van der Waals surface area contributed by atoms with E-state index in [0.717, 1.165) is 24.2 Å². The molecular formula is C12H17F3N2OS. The molecule has 1 aliphatic rings. The SMILES string of the molecule is COC(C)(C)c1nc(C(F)(F)F)c(CNC2CC2)s1. The molecule has 1 saturated carbocycles. The molecule has 0 spiro atoms. The van der Waals surface area contributed by atoms with Gasteiger partial charge >= 0.3 is 6.18 Å². The van der Waals surface area contributed by atoms with Crippen molar-refractivity contribution in [1.82, 2.24) is 10.3 Å². The number of thiazole rings is 1. The highest BCUT2D eigenvalue weighted by atomic mass is 32.1. The van der Waals surface area contributed by atoms with Crippen molar-refractivity contribution in [3.05, 3.63) is 15.6 Å². The third-order valence-electron chi connectivity index (χ3n) is 3.12. The van der Waals surface area contributed by atoms with E-state index in [1.807, 2.05) is 0 Å². The summed E-state index contributed by atoms with van der Waals surface area (Å²) in [5.74, 6) is 0. The van der Waals surface area contributed by atoms with Crippen LogP contribution in [-0.4, -0.2) is 18.1 Å². The van der Waals surface area contributed by atoms with Crippen LogP contribution in [0.1, 0.15) is 42.3 Å². The van der Waals surface area contributed by atoms with Crippen molar-refractivity contribution in [1.29, 1.82) is 0 Å². The summed E-state index contributed by atoms with van der Waals surface area (Å²) in [5.41, 5.74) is -1.59. The van der Waals surface area contributed by atoms with Crippen LogP contribution in [0.2, 0.25) is 0 Å². The molecule has 0 saturated heterocycles. The number of nitrogens with one attached hydrogen (secondary N) is 1. The highest BCUT2D eigenvalue weighted by Gasteiger charge is 2.39. The Labute approximate surface area is 114 Å². The lowest BCUT2D eigenvalue weighted by Crippen LogP contribution is -2.20. The first-order valence-electron chi connectivity index (χ1n) is 6.10. The molecule has 1 aromatic rings. The molecule has 0 radical (unpaired) electrons. The van der Waals surface area contributed by atoms with Gasteiger partial charge in [0, 0.05) is 19.7 Å². The van der Waals surface area contributed by atoms with E-state index in [0.29, 0.717) is 11.0 Å². The van der Waals surface area contributed by atoms with Gasteiger partial charge in [0.05, 0.1) is 4.88 Å². The van der Waals surface area contributed by atoms with Crippen LogP contribution in [0.15, 0.2) is 0 Å². The number of nitrogens with zero attached hydrogens (tertiary/aromatic N) is 1. The Morgan fingerprint density at radius 3 is 2.47 bits per heavy atom. The van der Waals surface area contributed by atoms with Crippen molar-refractivity contribution in [3.8, 4) is 0 Å². The molecule has 0 aliphatic heterocycles. The second-order valence-electron chi connectivity index (χ2n) is 5.16. The van der Waals surface area contributed by atoms with Gasteiger partial charge in [-0.3, -0.25) is 0 Å². The van der Waals surface area contributed by atoms with Gasteiger partial charge in [0.2, 0.25) is 0 Å². The summed E-state index contributed by atoms with van der Waals surface area (Å²) in [4.78, 5) is 3.99. The smallest absolute Gasteiger partial charge is 0.372 e. The van der Waals surface area contributed by atoms with E-state index in [-0.39, 0.29) is 11.4 Å². The fourth-order valence-electron chi connectivity index (χ4n) is 1.56. The first-order chi connectivity index (χ1) is 8.74. The lowest BCUT2D eigenvalue weighted by atomic mass is 10.1. The lowest BCUT2D eigenvalue weighted by molar-refractivity contribution is -0.141. The minimum Gasteiger partial charge on any atom is -0.372 e. The molecule has 0 amide bonds. The van der Waals surface area contributed by atoms with E-state index < -0.39 is 17.5 Å². The van der Waals surface area contributed by atoms with Gasteiger partial charge in [-0.05, 0) is 26.7 Å². The number of alkyl halides is 3. The van der Waals surface area contributed by atoms with Crippen molar-refractivity contribution < 1.29 is 17.9 Å². The third kappa shape index (κ3) is 3.46. The molecule has 0 aromatic carbocycles. The zero-order valence-electron chi connectivity index (χ0n) is 11.1. The average molecular weight is 294 g/mol. The summed E-state index contributed by atoms with van der Waals surface area (Å²) in [6.07, 6.45) is -2.34. The Balaban J connectivity index is 2.27. The molecule has 1 N–H and O–H groups in total. The van der Waals surface area contributed by atoms with Crippen LogP contribution in [0.5, 0.6) is 0 Å². The molecule has 0 bridgehead atoms. The molecular weight excluding hydrogens is 277 g/mol. The Kier molecular flexibility index (Phi) is 3.90. The standard InChI is InChI=1S/C12H17F3N2OS/c1-11(2,18-3)10-17-9(12(13,14)15)8(19-10)6-16-7-4-5-7/h7,16H,4-6H2,1-3H3. The highest BCUT2D eigenvalue weighted by Crippen LogP contribution is 2.38. The van der Waals surface area contributed by atoms with Gasteiger partial charge < -0.3 is 10.1 Å². The lowest BCUT2D eigenvalue weighted by Gasteiger charge is -2.19. The molecule has 1 aliphatic carbocycles. The van der Waals surface area contributed by atoms with Crippen molar-refractivity contribution >= 4 is 11.3 Å². The maximum Gasteiger partial charge on any atom is 0.434 e. The minimum atomic E-state index is -4.42. The summed E-state index contributed by atoms with van der Waals surface area (Å²) in [6, 6.07) is 0.363. The van der Waals surface area contributed by atoms with E-state index in [1.165, 1.54) is 7.11 Å². The average Bonchev–Trinajstić information content (AvgIpc) is 3.02. The summed E-state index contributed by atoms with van der Waals surface area (Å²) in [6.45, 7) is 3.64. The van der Waals surface area contributed by atoms with E-state index in [4.69, 9.17) is 4.74 Å². The molecule has 1 aromatic heterocycles.